The highest BCUT2D eigenvalue weighted by atomic mass is 35.5. The van der Waals surface area contributed by atoms with E-state index in [1.807, 2.05) is 5.32 Å². The molecule has 0 radical (unpaired) electrons. The van der Waals surface area contributed by atoms with Crippen LogP contribution in [0.3, 0.4) is 0 Å². The molecule has 128 valence electrons. The van der Waals surface area contributed by atoms with Gasteiger partial charge in [0.25, 0.3) is 0 Å². The SMILES string of the molecule is CC(c1ccc(C(F)(F)F)nc1)=S(C)(=O)NC(=O)NC(=O)CCl. The second-order valence-electron chi connectivity index (χ2n) is 4.44. The fourth-order valence-electron chi connectivity index (χ4n) is 1.43. The van der Waals surface area contributed by atoms with Crippen molar-refractivity contribution in [3.8, 4) is 0 Å². The molecule has 1 atom stereocenters. The maximum atomic E-state index is 12.4. The van der Waals surface area contributed by atoms with E-state index in [4.69, 9.17) is 11.6 Å². The molecular weight excluding hydrogens is 359 g/mol. The van der Waals surface area contributed by atoms with Crippen molar-refractivity contribution in [1.82, 2.24) is 15.0 Å². The summed E-state index contributed by atoms with van der Waals surface area (Å²) in [5.41, 5.74) is -0.926. The minimum absolute atomic E-state index is 0.104. The van der Waals surface area contributed by atoms with Gasteiger partial charge in [0.2, 0.25) is 5.91 Å². The Morgan fingerprint density at radius 3 is 2.39 bits per heavy atom. The summed E-state index contributed by atoms with van der Waals surface area (Å²) in [6.07, 6.45) is -2.50. The van der Waals surface area contributed by atoms with Crippen LogP contribution in [0, 0.1) is 0 Å². The molecule has 0 spiro atoms. The van der Waals surface area contributed by atoms with Crippen molar-refractivity contribution in [3.05, 3.63) is 29.6 Å². The van der Waals surface area contributed by atoms with Crippen molar-refractivity contribution >= 4 is 38.1 Å². The van der Waals surface area contributed by atoms with E-state index in [2.05, 4.69) is 9.71 Å². The number of nitrogens with zero attached hydrogens (tertiary/aromatic N) is 1. The van der Waals surface area contributed by atoms with E-state index < -0.39 is 39.4 Å². The molecule has 6 nitrogen and oxygen atoms in total. The fourth-order valence-corrected chi connectivity index (χ4v) is 2.63. The first-order valence-electron chi connectivity index (χ1n) is 6.01. The molecule has 23 heavy (non-hydrogen) atoms. The van der Waals surface area contributed by atoms with Gasteiger partial charge in [0.05, 0.1) is 9.71 Å². The lowest BCUT2D eigenvalue weighted by molar-refractivity contribution is -0.141. The quantitative estimate of drug-likeness (QED) is 0.479. The lowest BCUT2D eigenvalue weighted by Gasteiger charge is -2.13. The minimum atomic E-state index is -4.58. The van der Waals surface area contributed by atoms with Crippen LogP contribution >= 0.6 is 11.6 Å². The van der Waals surface area contributed by atoms with E-state index in [1.54, 1.807) is 0 Å². The Hall–Kier alpha value is -1.81. The molecule has 0 aliphatic heterocycles. The summed E-state index contributed by atoms with van der Waals surface area (Å²) in [5.74, 6) is -1.24. The molecule has 1 unspecified atom stereocenters. The average molecular weight is 372 g/mol. The smallest absolute Gasteiger partial charge is 0.276 e. The van der Waals surface area contributed by atoms with Crippen LogP contribution in [0.5, 0.6) is 0 Å². The van der Waals surface area contributed by atoms with Crippen LogP contribution in [0.4, 0.5) is 18.0 Å². The molecule has 0 fully saturated rings. The van der Waals surface area contributed by atoms with Crippen LogP contribution in [-0.2, 0) is 20.7 Å². The second kappa shape index (κ2) is 7.18. The Kier molecular flexibility index (Phi) is 6.00. The number of hydrogen-bond acceptors (Lipinski definition) is 4. The molecule has 1 aromatic rings. The van der Waals surface area contributed by atoms with Crippen molar-refractivity contribution in [2.45, 2.75) is 13.1 Å². The highest BCUT2D eigenvalue weighted by molar-refractivity contribution is 8.00. The fraction of sp³-hybridized carbons (Fsp3) is 0.333. The predicted molar refractivity (Wildman–Crippen MR) is 80.5 cm³/mol. The molecule has 1 rings (SSSR count). The van der Waals surface area contributed by atoms with Crippen LogP contribution in [0.2, 0.25) is 0 Å². The van der Waals surface area contributed by atoms with E-state index in [1.165, 1.54) is 13.2 Å². The van der Waals surface area contributed by atoms with Gasteiger partial charge in [-0.15, -0.1) is 11.6 Å². The van der Waals surface area contributed by atoms with Gasteiger partial charge in [0.1, 0.15) is 11.6 Å². The minimum Gasteiger partial charge on any atom is -0.276 e. The molecule has 0 bridgehead atoms. The lowest BCUT2D eigenvalue weighted by Crippen LogP contribution is -2.44. The van der Waals surface area contributed by atoms with Gasteiger partial charge < -0.3 is 0 Å². The zero-order valence-corrected chi connectivity index (χ0v) is 13.6. The monoisotopic (exact) mass is 371 g/mol. The first-order valence-corrected chi connectivity index (χ1v) is 8.51. The predicted octanol–water partition coefficient (Wildman–Crippen LogP) is 1.53. The summed E-state index contributed by atoms with van der Waals surface area (Å²) in [6, 6.07) is 0.811. The summed E-state index contributed by atoms with van der Waals surface area (Å²) in [4.78, 5) is 25.8. The molecule has 1 aromatic heterocycles. The Bertz CT molecular complexity index is 725. The number of nitrogens with one attached hydrogen (secondary N) is 2. The third kappa shape index (κ3) is 5.39. The number of rotatable bonds is 3. The Labute approximate surface area is 135 Å². The largest absolute Gasteiger partial charge is 0.433 e. The van der Waals surface area contributed by atoms with Crippen molar-refractivity contribution in [2.24, 2.45) is 0 Å². The van der Waals surface area contributed by atoms with Crippen LogP contribution < -0.4 is 10.0 Å². The number of halogens is 4. The van der Waals surface area contributed by atoms with Gasteiger partial charge >= 0.3 is 12.2 Å². The molecule has 0 aliphatic rings. The molecular formula is C12H13ClF3N3O3S. The third-order valence-electron chi connectivity index (χ3n) is 2.71. The number of urea groups is 1. The topological polar surface area (TPSA) is 88.2 Å². The molecule has 11 heteroatoms. The zero-order valence-electron chi connectivity index (χ0n) is 12.0. The second-order valence-corrected chi connectivity index (χ2v) is 7.21. The Morgan fingerprint density at radius 2 is 1.96 bits per heavy atom. The van der Waals surface area contributed by atoms with Gasteiger partial charge in [0, 0.05) is 22.9 Å². The summed E-state index contributed by atoms with van der Waals surface area (Å²) >= 11 is 5.21. The molecule has 1 heterocycles. The van der Waals surface area contributed by atoms with Crippen LogP contribution in [0.25, 0.3) is 0 Å². The number of carbonyl (C=O) groups is 2. The van der Waals surface area contributed by atoms with Crippen molar-refractivity contribution in [3.63, 3.8) is 0 Å². The molecule has 3 amide bonds. The van der Waals surface area contributed by atoms with E-state index in [0.717, 1.165) is 18.3 Å². The number of carbonyl (C=O) groups excluding carboxylic acids is 2. The highest BCUT2D eigenvalue weighted by Crippen LogP contribution is 2.27. The Morgan fingerprint density at radius 1 is 1.35 bits per heavy atom. The number of imide groups is 1. The standard InChI is InChI=1S/C12H13ClF3N3O3S/c1-7(8-3-4-9(17-6-8)12(14,15)16)23(2,22)19-11(21)18-10(20)5-13/h3-4,6H,5H2,1-2H3,(H2,18,19,20,21,22). The van der Waals surface area contributed by atoms with Crippen molar-refractivity contribution in [1.29, 1.82) is 0 Å². The van der Waals surface area contributed by atoms with E-state index in [-0.39, 0.29) is 10.4 Å². The molecule has 2 N–H and O–H groups in total. The van der Waals surface area contributed by atoms with Crippen LogP contribution in [0.15, 0.2) is 18.3 Å². The van der Waals surface area contributed by atoms with Gasteiger partial charge in [-0.2, -0.15) is 13.2 Å². The summed E-state index contributed by atoms with van der Waals surface area (Å²) < 4.78 is 51.9. The number of amides is 3. The van der Waals surface area contributed by atoms with Gasteiger partial charge in [0.15, 0.2) is 0 Å². The van der Waals surface area contributed by atoms with Crippen LogP contribution in [-0.4, -0.2) is 38.1 Å². The van der Waals surface area contributed by atoms with Gasteiger partial charge in [-0.05, 0) is 13.0 Å². The first-order chi connectivity index (χ1) is 10.5. The van der Waals surface area contributed by atoms with E-state index >= 15 is 0 Å². The third-order valence-corrected chi connectivity index (χ3v) is 4.93. The number of pyridine rings is 1. The highest BCUT2D eigenvalue weighted by Gasteiger charge is 2.32. The molecule has 0 aromatic carbocycles. The normalized spacial score (nSPS) is 13.8. The number of hydrogen-bond donors (Lipinski definition) is 2. The van der Waals surface area contributed by atoms with Gasteiger partial charge in [-0.25, -0.2) is 9.00 Å². The van der Waals surface area contributed by atoms with Crippen LogP contribution in [0.1, 0.15) is 18.2 Å². The van der Waals surface area contributed by atoms with Crippen molar-refractivity contribution < 1.29 is 27.0 Å². The number of alkyl halides is 4. The van der Waals surface area contributed by atoms with Crippen molar-refractivity contribution in [2.75, 3.05) is 12.1 Å². The maximum Gasteiger partial charge on any atom is 0.433 e. The summed E-state index contributed by atoms with van der Waals surface area (Å²) in [6.45, 7) is 1.37. The zero-order chi connectivity index (χ0) is 17.8. The lowest BCUT2D eigenvalue weighted by atomic mass is 10.2. The van der Waals surface area contributed by atoms with E-state index in [9.17, 15) is 27.0 Å². The molecule has 0 saturated carbocycles. The maximum absolute atomic E-state index is 12.4. The van der Waals surface area contributed by atoms with Gasteiger partial charge in [-0.3, -0.25) is 19.8 Å². The molecule has 0 aliphatic carbocycles. The van der Waals surface area contributed by atoms with E-state index in [0.29, 0.717) is 0 Å². The average Bonchev–Trinajstić information content (AvgIpc) is 2.44. The summed E-state index contributed by atoms with van der Waals surface area (Å²) in [5, 5.41) is 1.84. The Balaban J connectivity index is 3.05. The first kappa shape index (κ1) is 19.2. The molecule has 0 saturated heterocycles. The number of aromatic nitrogens is 1. The summed E-state index contributed by atoms with van der Waals surface area (Å²) in [7, 11) is -3.13. The van der Waals surface area contributed by atoms with Gasteiger partial charge in [-0.1, -0.05) is 6.07 Å².